The van der Waals surface area contributed by atoms with Gasteiger partial charge in [-0.2, -0.15) is 0 Å². The lowest BCUT2D eigenvalue weighted by Crippen LogP contribution is -2.26. The van der Waals surface area contributed by atoms with E-state index in [0.29, 0.717) is 0 Å². The Hall–Kier alpha value is -5.62. The molecule has 0 radical (unpaired) electrons. The maximum Gasteiger partial charge on any atom is 0.131 e. The molecule has 3 heterocycles. The van der Waals surface area contributed by atoms with Gasteiger partial charge in [-0.05, 0) is 83.6 Å². The van der Waals surface area contributed by atoms with E-state index in [9.17, 15) is 0 Å². The van der Waals surface area contributed by atoms with Crippen molar-refractivity contribution in [3.05, 3.63) is 169 Å². The molecule has 0 spiro atoms. The Labute approximate surface area is 311 Å². The Balaban J connectivity index is 1.08. The number of hydrogen-bond acceptors (Lipinski definition) is 5. The first-order valence-corrected chi connectivity index (χ1v) is 19.3. The fourth-order valence-electron chi connectivity index (χ4n) is 8.30. The summed E-state index contributed by atoms with van der Waals surface area (Å²) in [5, 5.41) is 4.97. The van der Waals surface area contributed by atoms with Crippen LogP contribution in [0, 0.1) is 0 Å². The maximum atomic E-state index is 6.77. The first kappa shape index (κ1) is 30.0. The summed E-state index contributed by atoms with van der Waals surface area (Å²) in [6.45, 7) is 4.68. The molecule has 0 aromatic heterocycles. The molecule has 3 aliphatic rings. The van der Waals surface area contributed by atoms with Crippen molar-refractivity contribution in [1.29, 1.82) is 0 Å². The van der Waals surface area contributed by atoms with Crippen molar-refractivity contribution in [2.24, 2.45) is 0 Å². The predicted octanol–water partition coefficient (Wildman–Crippen LogP) is 14.3. The lowest BCUT2D eigenvalue weighted by atomic mass is 9.75. The van der Waals surface area contributed by atoms with Crippen molar-refractivity contribution in [2.45, 2.75) is 38.8 Å². The van der Waals surface area contributed by atoms with Gasteiger partial charge in [0.2, 0.25) is 0 Å². The molecule has 0 amide bonds. The highest BCUT2D eigenvalue weighted by atomic mass is 32.2. The van der Waals surface area contributed by atoms with E-state index in [4.69, 9.17) is 4.74 Å². The second-order valence-electron chi connectivity index (χ2n) is 14.2. The van der Waals surface area contributed by atoms with Crippen LogP contribution in [0.15, 0.2) is 177 Å². The molecule has 0 saturated heterocycles. The number of fused-ring (bicyclic) bond motifs is 10. The van der Waals surface area contributed by atoms with E-state index >= 15 is 0 Å². The number of rotatable bonds is 2. The molecule has 0 aliphatic carbocycles. The highest BCUT2D eigenvalue weighted by Crippen LogP contribution is 2.58. The third-order valence-corrected chi connectivity index (χ3v) is 13.1. The van der Waals surface area contributed by atoms with Gasteiger partial charge in [0.15, 0.2) is 0 Å². The lowest BCUT2D eigenvalue weighted by Gasteiger charge is -2.39. The Morgan fingerprint density at radius 1 is 0.442 bits per heavy atom. The van der Waals surface area contributed by atoms with Gasteiger partial charge in [0.1, 0.15) is 11.5 Å². The monoisotopic (exact) mass is 704 g/mol. The molecule has 11 rings (SSSR count). The van der Waals surface area contributed by atoms with Gasteiger partial charge in [-0.25, -0.2) is 0 Å². The molecule has 0 saturated carbocycles. The van der Waals surface area contributed by atoms with Crippen molar-refractivity contribution >= 4 is 79.2 Å². The molecular formula is C47H32N2OS2. The summed E-state index contributed by atoms with van der Waals surface area (Å²) in [5.41, 5.74) is 9.11. The molecule has 5 heteroatoms. The minimum Gasteiger partial charge on any atom is -0.457 e. The first-order chi connectivity index (χ1) is 25.5. The van der Waals surface area contributed by atoms with Crippen molar-refractivity contribution < 1.29 is 4.74 Å². The number of benzene rings is 8. The van der Waals surface area contributed by atoms with Gasteiger partial charge < -0.3 is 14.5 Å². The van der Waals surface area contributed by atoms with Crippen LogP contribution in [0.4, 0.5) is 34.1 Å². The van der Waals surface area contributed by atoms with Crippen LogP contribution in [0.2, 0.25) is 0 Å². The second-order valence-corrected chi connectivity index (χ2v) is 16.3. The highest BCUT2D eigenvalue weighted by molar-refractivity contribution is 8.00. The number of hydrogen-bond donors (Lipinski definition) is 0. The molecule has 3 aliphatic heterocycles. The Morgan fingerprint density at radius 3 is 1.38 bits per heavy atom. The fourth-order valence-corrected chi connectivity index (χ4v) is 10.5. The maximum absolute atomic E-state index is 6.77. The smallest absolute Gasteiger partial charge is 0.131 e. The quantitative estimate of drug-likeness (QED) is 0.177. The summed E-state index contributed by atoms with van der Waals surface area (Å²) in [6.07, 6.45) is 0. The van der Waals surface area contributed by atoms with Crippen LogP contribution in [0.25, 0.3) is 21.5 Å². The summed E-state index contributed by atoms with van der Waals surface area (Å²) in [7, 11) is 0. The molecule has 0 unspecified atom stereocenters. The minimum absolute atomic E-state index is 0.341. The SMILES string of the molecule is CC1(C)c2cc(N3c4ccccc4Sc4ccc5ccccc5c43)ccc2Oc2ccc(N3c4ccccc4Sc4ccc5ccccc5c43)cc21. The highest BCUT2D eigenvalue weighted by Gasteiger charge is 2.37. The van der Waals surface area contributed by atoms with Crippen molar-refractivity contribution in [2.75, 3.05) is 9.80 Å². The number of ether oxygens (including phenoxy) is 1. The van der Waals surface area contributed by atoms with Gasteiger partial charge in [0, 0.05) is 58.3 Å². The molecule has 0 atom stereocenters. The lowest BCUT2D eigenvalue weighted by molar-refractivity contribution is 0.418. The van der Waals surface area contributed by atoms with E-state index in [0.717, 1.165) is 22.9 Å². The Morgan fingerprint density at radius 2 is 0.885 bits per heavy atom. The molecule has 0 bridgehead atoms. The Kier molecular flexibility index (Phi) is 6.46. The van der Waals surface area contributed by atoms with Gasteiger partial charge in [-0.3, -0.25) is 0 Å². The number of nitrogens with zero attached hydrogens (tertiary/aromatic N) is 2. The second kappa shape index (κ2) is 11.2. The Bertz CT molecular complexity index is 2600. The van der Waals surface area contributed by atoms with Gasteiger partial charge >= 0.3 is 0 Å². The van der Waals surface area contributed by atoms with Crippen LogP contribution in [0.5, 0.6) is 11.5 Å². The molecule has 52 heavy (non-hydrogen) atoms. The van der Waals surface area contributed by atoms with E-state index in [-0.39, 0.29) is 5.41 Å². The van der Waals surface area contributed by atoms with Crippen LogP contribution in [0.1, 0.15) is 25.0 Å². The minimum atomic E-state index is -0.341. The summed E-state index contributed by atoms with van der Waals surface area (Å²) in [6, 6.07) is 57.4. The third-order valence-electron chi connectivity index (χ3n) is 10.8. The van der Waals surface area contributed by atoms with E-state index in [1.165, 1.54) is 75.0 Å². The summed E-state index contributed by atoms with van der Waals surface area (Å²) < 4.78 is 6.77. The van der Waals surface area contributed by atoms with Gasteiger partial charge in [-0.15, -0.1) is 0 Å². The predicted molar refractivity (Wildman–Crippen MR) is 218 cm³/mol. The largest absolute Gasteiger partial charge is 0.457 e. The van der Waals surface area contributed by atoms with E-state index in [1.54, 1.807) is 0 Å². The van der Waals surface area contributed by atoms with Crippen LogP contribution >= 0.6 is 23.5 Å². The molecule has 3 nitrogen and oxygen atoms in total. The number of anilines is 6. The molecule has 0 N–H and O–H groups in total. The van der Waals surface area contributed by atoms with Crippen molar-refractivity contribution in [3.8, 4) is 11.5 Å². The normalized spacial score (nSPS) is 14.8. The average Bonchev–Trinajstić information content (AvgIpc) is 3.19. The van der Waals surface area contributed by atoms with Gasteiger partial charge in [-0.1, -0.05) is 122 Å². The fraction of sp³-hybridized carbons (Fsp3) is 0.0638. The zero-order valence-corrected chi connectivity index (χ0v) is 30.3. The average molecular weight is 705 g/mol. The molecule has 248 valence electrons. The van der Waals surface area contributed by atoms with Crippen molar-refractivity contribution in [3.63, 3.8) is 0 Å². The zero-order chi connectivity index (χ0) is 34.6. The topological polar surface area (TPSA) is 15.7 Å². The van der Waals surface area contributed by atoms with E-state index in [2.05, 4.69) is 181 Å². The molecular weight excluding hydrogens is 673 g/mol. The van der Waals surface area contributed by atoms with E-state index in [1.807, 2.05) is 23.5 Å². The van der Waals surface area contributed by atoms with Crippen LogP contribution in [-0.2, 0) is 5.41 Å². The zero-order valence-electron chi connectivity index (χ0n) is 28.6. The van der Waals surface area contributed by atoms with E-state index < -0.39 is 0 Å². The summed E-state index contributed by atoms with van der Waals surface area (Å²) in [4.78, 5) is 9.93. The molecule has 8 aromatic rings. The van der Waals surface area contributed by atoms with Crippen molar-refractivity contribution in [1.82, 2.24) is 0 Å². The standard InChI is InChI=1S/C47H32N2OS2/c1-47(2)35-27-31(48-37-15-7-9-17-41(37)51-43-25-19-29-11-3-5-13-33(29)45(43)48)21-23-39(35)50-40-24-22-32(28-36(40)47)49-38-16-8-10-18-42(38)52-44-26-20-30-12-4-6-14-34(30)46(44)49/h3-28H,1-2H3. The molecule has 0 fully saturated rings. The summed E-state index contributed by atoms with van der Waals surface area (Å²) in [5.74, 6) is 1.81. The number of para-hydroxylation sites is 2. The summed E-state index contributed by atoms with van der Waals surface area (Å²) >= 11 is 3.70. The van der Waals surface area contributed by atoms with Crippen LogP contribution in [0.3, 0.4) is 0 Å². The third kappa shape index (κ3) is 4.36. The van der Waals surface area contributed by atoms with Gasteiger partial charge in [0.25, 0.3) is 0 Å². The van der Waals surface area contributed by atoms with Crippen LogP contribution < -0.4 is 14.5 Å². The molecule has 8 aromatic carbocycles. The van der Waals surface area contributed by atoms with Crippen LogP contribution in [-0.4, -0.2) is 0 Å². The van der Waals surface area contributed by atoms with Gasteiger partial charge in [0.05, 0.1) is 22.7 Å². The first-order valence-electron chi connectivity index (χ1n) is 17.7.